The highest BCUT2D eigenvalue weighted by Gasteiger charge is 2.31. The highest BCUT2D eigenvalue weighted by molar-refractivity contribution is 5.47. The number of hydrogen-bond donors (Lipinski definition) is 2. The minimum Gasteiger partial charge on any atom is -0.373 e. The van der Waals surface area contributed by atoms with Gasteiger partial charge in [0.05, 0.1) is 0 Å². The van der Waals surface area contributed by atoms with Crippen LogP contribution >= 0.6 is 0 Å². The molecule has 1 aromatic rings. The number of hydrogen-bond acceptors (Lipinski definition) is 4. The smallest absolute Gasteiger partial charge is 0.131 e. The van der Waals surface area contributed by atoms with Gasteiger partial charge in [0.1, 0.15) is 17.5 Å². The fraction of sp³-hybridized carbons (Fsp3) is 0.667. The lowest BCUT2D eigenvalue weighted by Gasteiger charge is -2.38. The number of nitrogens with one attached hydrogen (secondary N) is 2. The summed E-state index contributed by atoms with van der Waals surface area (Å²) in [6, 6.07) is 1.95. The molecule has 4 nitrogen and oxygen atoms in total. The Morgan fingerprint density at radius 3 is 2.56 bits per heavy atom. The lowest BCUT2D eigenvalue weighted by Crippen LogP contribution is -2.33. The lowest BCUT2D eigenvalue weighted by atomic mass is 9.70. The van der Waals surface area contributed by atoms with Gasteiger partial charge in [-0.05, 0) is 25.2 Å². The van der Waals surface area contributed by atoms with Gasteiger partial charge in [-0.3, -0.25) is 0 Å². The lowest BCUT2D eigenvalue weighted by molar-refractivity contribution is 0.180. The van der Waals surface area contributed by atoms with Crippen molar-refractivity contribution in [3.63, 3.8) is 0 Å². The van der Waals surface area contributed by atoms with E-state index in [0.29, 0.717) is 5.41 Å². The van der Waals surface area contributed by atoms with Crippen molar-refractivity contribution in [3.05, 3.63) is 11.9 Å². The van der Waals surface area contributed by atoms with Crippen LogP contribution in [0.25, 0.3) is 0 Å². The molecule has 1 heterocycles. The van der Waals surface area contributed by atoms with Crippen molar-refractivity contribution in [2.75, 3.05) is 24.2 Å². The largest absolute Gasteiger partial charge is 0.373 e. The first-order valence-electron chi connectivity index (χ1n) is 5.89. The first-order chi connectivity index (χ1) is 7.61. The molecule has 16 heavy (non-hydrogen) atoms. The maximum absolute atomic E-state index is 4.38. The van der Waals surface area contributed by atoms with E-state index in [1.165, 1.54) is 19.3 Å². The standard InChI is InChI=1S/C12H20N4/c1-9-15-10(13-3)7-11(16-9)14-8-12(2)5-4-6-12/h7H,4-6,8H2,1-3H3,(H2,13,14,15,16). The van der Waals surface area contributed by atoms with Gasteiger partial charge in [0.25, 0.3) is 0 Å². The molecule has 0 unspecified atom stereocenters. The van der Waals surface area contributed by atoms with E-state index in [1.54, 1.807) is 0 Å². The number of aromatic nitrogens is 2. The molecule has 2 rings (SSSR count). The maximum atomic E-state index is 4.38. The fourth-order valence-electron chi connectivity index (χ4n) is 2.05. The first kappa shape index (κ1) is 11.2. The Morgan fingerprint density at radius 1 is 1.31 bits per heavy atom. The molecule has 0 saturated heterocycles. The molecule has 2 N–H and O–H groups in total. The average Bonchev–Trinajstić information content (AvgIpc) is 2.23. The van der Waals surface area contributed by atoms with Gasteiger partial charge in [-0.25, -0.2) is 9.97 Å². The fourth-order valence-corrected chi connectivity index (χ4v) is 2.05. The summed E-state index contributed by atoms with van der Waals surface area (Å²) < 4.78 is 0. The van der Waals surface area contributed by atoms with Crippen LogP contribution in [0, 0.1) is 12.3 Å². The molecule has 88 valence electrons. The molecule has 1 aliphatic rings. The van der Waals surface area contributed by atoms with E-state index in [1.807, 2.05) is 20.0 Å². The summed E-state index contributed by atoms with van der Waals surface area (Å²) in [5, 5.41) is 6.45. The Morgan fingerprint density at radius 2 is 2.00 bits per heavy atom. The predicted molar refractivity (Wildman–Crippen MR) is 66.8 cm³/mol. The Hall–Kier alpha value is -1.32. The SMILES string of the molecule is CNc1cc(NCC2(C)CCC2)nc(C)n1. The van der Waals surface area contributed by atoms with Crippen LogP contribution in [0.1, 0.15) is 32.0 Å². The van der Waals surface area contributed by atoms with Crippen LogP contribution in [0.3, 0.4) is 0 Å². The second-order valence-corrected chi connectivity index (χ2v) is 4.95. The van der Waals surface area contributed by atoms with Gasteiger partial charge in [-0.2, -0.15) is 0 Å². The van der Waals surface area contributed by atoms with Crippen LogP contribution in [-0.4, -0.2) is 23.6 Å². The Bertz CT molecular complexity index is 371. The van der Waals surface area contributed by atoms with Crippen molar-refractivity contribution in [2.45, 2.75) is 33.1 Å². The molecular weight excluding hydrogens is 200 g/mol. The van der Waals surface area contributed by atoms with Gasteiger partial charge < -0.3 is 10.6 Å². The normalized spacial score (nSPS) is 17.7. The van der Waals surface area contributed by atoms with E-state index < -0.39 is 0 Å². The molecule has 0 bridgehead atoms. The van der Waals surface area contributed by atoms with Crippen molar-refractivity contribution in [3.8, 4) is 0 Å². The number of nitrogens with zero attached hydrogens (tertiary/aromatic N) is 2. The average molecular weight is 220 g/mol. The van der Waals surface area contributed by atoms with Gasteiger partial charge >= 0.3 is 0 Å². The van der Waals surface area contributed by atoms with E-state index in [-0.39, 0.29) is 0 Å². The highest BCUT2D eigenvalue weighted by Crippen LogP contribution is 2.40. The second kappa shape index (κ2) is 4.28. The summed E-state index contributed by atoms with van der Waals surface area (Å²) in [4.78, 5) is 8.65. The van der Waals surface area contributed by atoms with Crippen molar-refractivity contribution in [2.24, 2.45) is 5.41 Å². The van der Waals surface area contributed by atoms with Crippen LogP contribution in [0.15, 0.2) is 6.07 Å². The van der Waals surface area contributed by atoms with Crippen LogP contribution < -0.4 is 10.6 Å². The first-order valence-corrected chi connectivity index (χ1v) is 5.89. The zero-order valence-corrected chi connectivity index (χ0v) is 10.3. The quantitative estimate of drug-likeness (QED) is 0.818. The highest BCUT2D eigenvalue weighted by atomic mass is 15.1. The third kappa shape index (κ3) is 2.43. The third-order valence-corrected chi connectivity index (χ3v) is 3.35. The molecule has 0 atom stereocenters. The van der Waals surface area contributed by atoms with Gasteiger partial charge in [0, 0.05) is 19.7 Å². The minimum atomic E-state index is 0.471. The maximum Gasteiger partial charge on any atom is 0.131 e. The van der Waals surface area contributed by atoms with Crippen molar-refractivity contribution >= 4 is 11.6 Å². The van der Waals surface area contributed by atoms with E-state index in [9.17, 15) is 0 Å². The summed E-state index contributed by atoms with van der Waals surface area (Å²) in [7, 11) is 1.87. The van der Waals surface area contributed by atoms with Gasteiger partial charge in [0.2, 0.25) is 0 Å². The van der Waals surface area contributed by atoms with Crippen LogP contribution in [0.4, 0.5) is 11.6 Å². The predicted octanol–water partition coefficient (Wildman–Crippen LogP) is 2.43. The molecule has 1 aromatic heterocycles. The van der Waals surface area contributed by atoms with Crippen molar-refractivity contribution in [1.82, 2.24) is 9.97 Å². The molecule has 0 radical (unpaired) electrons. The molecule has 0 aromatic carbocycles. The molecule has 0 aliphatic heterocycles. The summed E-state index contributed by atoms with van der Waals surface area (Å²) in [6.45, 7) is 5.25. The second-order valence-electron chi connectivity index (χ2n) is 4.95. The number of rotatable bonds is 4. The Kier molecular flexibility index (Phi) is 2.99. The van der Waals surface area contributed by atoms with Gasteiger partial charge in [0.15, 0.2) is 0 Å². The zero-order chi connectivity index (χ0) is 11.6. The monoisotopic (exact) mass is 220 g/mol. The summed E-state index contributed by atoms with van der Waals surface area (Å²) in [5.41, 5.74) is 0.471. The molecule has 1 saturated carbocycles. The van der Waals surface area contributed by atoms with Crippen molar-refractivity contribution < 1.29 is 0 Å². The molecule has 1 fully saturated rings. The molecule has 0 spiro atoms. The van der Waals surface area contributed by atoms with Gasteiger partial charge in [-0.15, -0.1) is 0 Å². The molecular formula is C12H20N4. The molecule has 0 amide bonds. The summed E-state index contributed by atoms with van der Waals surface area (Å²) >= 11 is 0. The zero-order valence-electron chi connectivity index (χ0n) is 10.3. The van der Waals surface area contributed by atoms with Crippen LogP contribution in [-0.2, 0) is 0 Å². The minimum absolute atomic E-state index is 0.471. The van der Waals surface area contributed by atoms with Gasteiger partial charge in [-0.1, -0.05) is 13.3 Å². The number of anilines is 2. The topological polar surface area (TPSA) is 49.8 Å². The molecule has 4 heteroatoms. The summed E-state index contributed by atoms with van der Waals surface area (Å²) in [6.07, 6.45) is 4.01. The Labute approximate surface area is 96.9 Å². The van der Waals surface area contributed by atoms with E-state index in [2.05, 4.69) is 27.5 Å². The molecule has 1 aliphatic carbocycles. The third-order valence-electron chi connectivity index (χ3n) is 3.35. The van der Waals surface area contributed by atoms with E-state index in [0.717, 1.165) is 24.0 Å². The van der Waals surface area contributed by atoms with Crippen LogP contribution in [0.5, 0.6) is 0 Å². The van der Waals surface area contributed by atoms with Crippen LogP contribution in [0.2, 0.25) is 0 Å². The van der Waals surface area contributed by atoms with Crippen molar-refractivity contribution in [1.29, 1.82) is 0 Å². The number of aryl methyl sites for hydroxylation is 1. The van der Waals surface area contributed by atoms with E-state index >= 15 is 0 Å². The summed E-state index contributed by atoms with van der Waals surface area (Å²) in [5.74, 6) is 2.59. The Balaban J connectivity index is 2.00. The van der Waals surface area contributed by atoms with E-state index in [4.69, 9.17) is 0 Å².